The molecule has 0 spiro atoms. The molecule has 2 aromatic heterocycles. The first-order valence-corrected chi connectivity index (χ1v) is 10.5. The summed E-state index contributed by atoms with van der Waals surface area (Å²) in [7, 11) is -1.51. The minimum atomic E-state index is -3.50. The van der Waals surface area contributed by atoms with Gasteiger partial charge in [-0.15, -0.1) is 12.4 Å². The van der Waals surface area contributed by atoms with Gasteiger partial charge in [-0.25, -0.2) is 13.4 Å². The van der Waals surface area contributed by atoms with Crippen LogP contribution in [-0.2, 0) is 23.6 Å². The van der Waals surface area contributed by atoms with E-state index in [4.69, 9.17) is 4.42 Å². The third-order valence-corrected chi connectivity index (χ3v) is 6.94. The Kier molecular flexibility index (Phi) is 6.27. The molecule has 1 N–H and O–H groups in total. The maximum Gasteiger partial charge on any atom is 0.276 e. The number of rotatable bonds is 5. The third kappa shape index (κ3) is 4.07. The Labute approximate surface area is 166 Å². The summed E-state index contributed by atoms with van der Waals surface area (Å²) < 4.78 is 34.5. The SMILES string of the molecule is Cl.Cn1ccnc1C1CNCCN1Cc1ccc(S(=O)(=O)N2CCCC2)o1. The van der Waals surface area contributed by atoms with Gasteiger partial charge in [0.25, 0.3) is 10.0 Å². The number of halogens is 1. The van der Waals surface area contributed by atoms with Crippen LogP contribution in [0.2, 0.25) is 0 Å². The lowest BCUT2D eigenvalue weighted by Gasteiger charge is -2.35. The summed E-state index contributed by atoms with van der Waals surface area (Å²) in [5.41, 5.74) is 0. The molecular formula is C17H26ClN5O3S. The minimum absolute atomic E-state index is 0. The number of hydrogen-bond donors (Lipinski definition) is 1. The van der Waals surface area contributed by atoms with Crippen molar-refractivity contribution in [2.75, 3.05) is 32.7 Å². The van der Waals surface area contributed by atoms with Crippen LogP contribution >= 0.6 is 12.4 Å². The number of piperazine rings is 1. The van der Waals surface area contributed by atoms with Crippen LogP contribution in [0, 0.1) is 0 Å². The van der Waals surface area contributed by atoms with Crippen molar-refractivity contribution >= 4 is 22.4 Å². The second-order valence-corrected chi connectivity index (χ2v) is 8.79. The van der Waals surface area contributed by atoms with Crippen molar-refractivity contribution in [1.29, 1.82) is 0 Å². The summed E-state index contributed by atoms with van der Waals surface area (Å²) in [6, 6.07) is 3.49. The molecule has 0 bridgehead atoms. The first-order chi connectivity index (χ1) is 12.6. The molecular weight excluding hydrogens is 390 g/mol. The lowest BCUT2D eigenvalue weighted by molar-refractivity contribution is 0.132. The molecule has 1 atom stereocenters. The van der Waals surface area contributed by atoms with Gasteiger partial charge >= 0.3 is 0 Å². The van der Waals surface area contributed by atoms with Gasteiger partial charge in [0.2, 0.25) is 5.09 Å². The Morgan fingerprint density at radius 2 is 2.04 bits per heavy atom. The van der Waals surface area contributed by atoms with Crippen molar-refractivity contribution in [3.63, 3.8) is 0 Å². The fourth-order valence-electron chi connectivity index (χ4n) is 3.73. The molecule has 0 aliphatic carbocycles. The molecule has 2 aromatic rings. The molecule has 2 aliphatic heterocycles. The van der Waals surface area contributed by atoms with E-state index in [-0.39, 0.29) is 23.5 Å². The van der Waals surface area contributed by atoms with E-state index in [9.17, 15) is 8.42 Å². The molecule has 1 unspecified atom stereocenters. The molecule has 0 amide bonds. The van der Waals surface area contributed by atoms with Gasteiger partial charge in [0.15, 0.2) is 0 Å². The van der Waals surface area contributed by atoms with Crippen molar-refractivity contribution in [2.24, 2.45) is 7.05 Å². The number of nitrogens with one attached hydrogen (secondary N) is 1. The van der Waals surface area contributed by atoms with E-state index in [1.54, 1.807) is 18.3 Å². The monoisotopic (exact) mass is 415 g/mol. The molecule has 0 radical (unpaired) electrons. The highest BCUT2D eigenvalue weighted by Crippen LogP contribution is 2.26. The predicted octanol–water partition coefficient (Wildman–Crippen LogP) is 1.37. The maximum absolute atomic E-state index is 12.6. The maximum atomic E-state index is 12.6. The summed E-state index contributed by atoms with van der Waals surface area (Å²) in [6.07, 6.45) is 5.57. The number of nitrogens with zero attached hydrogens (tertiary/aromatic N) is 4. The van der Waals surface area contributed by atoms with Crippen LogP contribution in [0.25, 0.3) is 0 Å². The Morgan fingerprint density at radius 1 is 1.26 bits per heavy atom. The molecule has 8 nitrogen and oxygen atoms in total. The Hall–Kier alpha value is -1.39. The lowest BCUT2D eigenvalue weighted by Crippen LogP contribution is -2.46. The number of imidazole rings is 1. The molecule has 4 heterocycles. The first kappa shape index (κ1) is 20.3. The number of furan rings is 1. The van der Waals surface area contributed by atoms with Gasteiger partial charge in [-0.1, -0.05) is 0 Å². The normalized spacial score (nSPS) is 22.0. The van der Waals surface area contributed by atoms with Crippen molar-refractivity contribution < 1.29 is 12.8 Å². The third-order valence-electron chi connectivity index (χ3n) is 5.17. The summed E-state index contributed by atoms with van der Waals surface area (Å²) in [5, 5.41) is 3.46. The average molecular weight is 416 g/mol. The van der Waals surface area contributed by atoms with Crippen molar-refractivity contribution in [1.82, 2.24) is 24.1 Å². The summed E-state index contributed by atoms with van der Waals surface area (Å²) >= 11 is 0. The Morgan fingerprint density at radius 3 is 2.74 bits per heavy atom. The molecule has 27 heavy (non-hydrogen) atoms. The van der Waals surface area contributed by atoms with Crippen LogP contribution in [-0.4, -0.2) is 59.9 Å². The van der Waals surface area contributed by atoms with Gasteiger partial charge in [-0.05, 0) is 25.0 Å². The molecule has 4 rings (SSSR count). The van der Waals surface area contributed by atoms with Gasteiger partial charge in [-0.2, -0.15) is 4.31 Å². The predicted molar refractivity (Wildman–Crippen MR) is 103 cm³/mol. The van der Waals surface area contributed by atoms with Crippen LogP contribution in [0.15, 0.2) is 34.0 Å². The number of sulfonamides is 1. The van der Waals surface area contributed by atoms with Crippen LogP contribution < -0.4 is 5.32 Å². The average Bonchev–Trinajstić information content (AvgIpc) is 3.37. The van der Waals surface area contributed by atoms with Crippen molar-refractivity contribution in [2.45, 2.75) is 30.5 Å². The topological polar surface area (TPSA) is 83.6 Å². The zero-order chi connectivity index (χ0) is 18.1. The highest BCUT2D eigenvalue weighted by atomic mass is 35.5. The van der Waals surface area contributed by atoms with Gasteiger partial charge in [0.05, 0.1) is 12.6 Å². The minimum Gasteiger partial charge on any atom is -0.447 e. The number of aromatic nitrogens is 2. The van der Waals surface area contributed by atoms with Gasteiger partial charge < -0.3 is 14.3 Å². The number of aryl methyl sites for hydroxylation is 1. The lowest BCUT2D eigenvalue weighted by atomic mass is 10.1. The van der Waals surface area contributed by atoms with E-state index in [1.807, 2.05) is 17.8 Å². The van der Waals surface area contributed by atoms with Crippen LogP contribution in [0.3, 0.4) is 0 Å². The van der Waals surface area contributed by atoms with Crippen LogP contribution in [0.1, 0.15) is 30.5 Å². The van der Waals surface area contributed by atoms with Gasteiger partial charge in [-0.3, -0.25) is 4.90 Å². The highest BCUT2D eigenvalue weighted by molar-refractivity contribution is 7.89. The molecule has 150 valence electrons. The van der Waals surface area contributed by atoms with Crippen molar-refractivity contribution in [3.05, 3.63) is 36.1 Å². The molecule has 2 aliphatic rings. The first-order valence-electron chi connectivity index (χ1n) is 9.06. The second-order valence-electron chi connectivity index (χ2n) is 6.92. The summed E-state index contributed by atoms with van der Waals surface area (Å²) in [5.74, 6) is 1.66. The molecule has 0 saturated carbocycles. The van der Waals surface area contributed by atoms with Crippen molar-refractivity contribution in [3.8, 4) is 0 Å². The summed E-state index contributed by atoms with van der Waals surface area (Å²) in [6.45, 7) is 4.28. The highest BCUT2D eigenvalue weighted by Gasteiger charge is 2.31. The van der Waals surface area contributed by atoms with Crippen LogP contribution in [0.4, 0.5) is 0 Å². The summed E-state index contributed by atoms with van der Waals surface area (Å²) in [4.78, 5) is 6.76. The van der Waals surface area contributed by atoms with Gasteiger partial charge in [0.1, 0.15) is 11.6 Å². The fraction of sp³-hybridized carbons (Fsp3) is 0.588. The van der Waals surface area contributed by atoms with E-state index in [0.717, 1.165) is 38.3 Å². The molecule has 10 heteroatoms. The largest absolute Gasteiger partial charge is 0.447 e. The Bertz CT molecular complexity index is 860. The Balaban J connectivity index is 0.00000210. The van der Waals surface area contributed by atoms with E-state index in [0.29, 0.717) is 25.4 Å². The standard InChI is InChI=1S/C17H25N5O3S.ClH/c1-20-10-7-19-17(20)15-12-18-6-11-21(15)13-14-4-5-16(25-14)26(23,24)22-8-2-3-9-22;/h4-5,7,10,15,18H,2-3,6,8-9,11-13H2,1H3;1H. The number of hydrogen-bond acceptors (Lipinski definition) is 6. The quantitative estimate of drug-likeness (QED) is 0.794. The molecule has 2 fully saturated rings. The van der Waals surface area contributed by atoms with Crippen LogP contribution in [0.5, 0.6) is 0 Å². The smallest absolute Gasteiger partial charge is 0.276 e. The van der Waals surface area contributed by atoms with E-state index in [1.165, 1.54) is 4.31 Å². The van der Waals surface area contributed by atoms with Gasteiger partial charge in [0, 0.05) is 52.2 Å². The second kappa shape index (κ2) is 8.32. The zero-order valence-electron chi connectivity index (χ0n) is 15.4. The molecule has 2 saturated heterocycles. The van der Waals surface area contributed by atoms with E-state index < -0.39 is 10.0 Å². The van der Waals surface area contributed by atoms with E-state index in [2.05, 4.69) is 15.2 Å². The fourth-order valence-corrected chi connectivity index (χ4v) is 5.17. The zero-order valence-corrected chi connectivity index (χ0v) is 17.0. The van der Waals surface area contributed by atoms with E-state index >= 15 is 0 Å². The molecule has 0 aromatic carbocycles.